The van der Waals surface area contributed by atoms with E-state index in [1.807, 2.05) is 6.07 Å². The highest BCUT2D eigenvalue weighted by atomic mass is 16.4. The summed E-state index contributed by atoms with van der Waals surface area (Å²) >= 11 is 0. The maximum absolute atomic E-state index is 9.87. The minimum Gasteiger partial charge on any atom is -0.508 e. The van der Waals surface area contributed by atoms with Crippen LogP contribution in [0.1, 0.15) is 32.6 Å². The van der Waals surface area contributed by atoms with Crippen LogP contribution in [0, 0.1) is 0 Å². The third-order valence-electron chi connectivity index (χ3n) is 1.75. The summed E-state index contributed by atoms with van der Waals surface area (Å²) in [5.41, 5.74) is 0. The van der Waals surface area contributed by atoms with Gasteiger partial charge in [-0.15, -0.1) is 0 Å². The molecule has 3 heteroatoms. The number of hydrogen-bond acceptors (Lipinski definition) is 2. The highest BCUT2D eigenvalue weighted by Crippen LogP contribution is 2.02. The van der Waals surface area contributed by atoms with Gasteiger partial charge in [0.15, 0.2) is 0 Å². The highest BCUT2D eigenvalue weighted by Gasteiger charge is 1.92. The predicted octanol–water partition coefficient (Wildman–Crippen LogP) is 3.04. The molecule has 0 spiro atoms. The minimum atomic E-state index is -0.682. The molecular weight excluding hydrogens is 192 g/mol. The lowest BCUT2D eigenvalue weighted by Crippen LogP contribution is -1.92. The Morgan fingerprint density at radius 3 is 2.13 bits per heavy atom. The molecule has 0 aliphatic heterocycles. The van der Waals surface area contributed by atoms with Crippen LogP contribution in [0.15, 0.2) is 30.3 Å². The molecule has 15 heavy (non-hydrogen) atoms. The fourth-order valence-corrected chi connectivity index (χ4v) is 0.954. The van der Waals surface area contributed by atoms with Crippen molar-refractivity contribution in [3.8, 4) is 5.75 Å². The number of carboxylic acid groups (broad SMARTS) is 1. The second-order valence-corrected chi connectivity index (χ2v) is 3.19. The molecule has 0 saturated carbocycles. The molecular formula is C12H18O3. The highest BCUT2D eigenvalue weighted by molar-refractivity contribution is 5.66. The molecule has 0 radical (unpaired) electrons. The molecule has 0 bridgehead atoms. The van der Waals surface area contributed by atoms with E-state index in [0.29, 0.717) is 12.2 Å². The van der Waals surface area contributed by atoms with E-state index < -0.39 is 5.97 Å². The van der Waals surface area contributed by atoms with Gasteiger partial charge in [-0.25, -0.2) is 0 Å². The number of hydrogen-bond donors (Lipinski definition) is 2. The molecule has 0 aliphatic carbocycles. The van der Waals surface area contributed by atoms with Gasteiger partial charge >= 0.3 is 5.97 Å². The summed E-state index contributed by atoms with van der Waals surface area (Å²) in [5.74, 6) is -0.360. The molecule has 0 unspecified atom stereocenters. The maximum atomic E-state index is 9.87. The normalized spacial score (nSPS) is 8.87. The van der Waals surface area contributed by atoms with Crippen molar-refractivity contribution in [2.75, 3.05) is 0 Å². The van der Waals surface area contributed by atoms with Crippen LogP contribution < -0.4 is 0 Å². The molecule has 84 valence electrons. The molecule has 0 fully saturated rings. The van der Waals surface area contributed by atoms with Crippen LogP contribution in [0.5, 0.6) is 5.75 Å². The zero-order chi connectivity index (χ0) is 11.5. The Bertz CT molecular complexity index is 257. The summed E-state index contributed by atoms with van der Waals surface area (Å²) < 4.78 is 0. The number of aromatic hydroxyl groups is 1. The Hall–Kier alpha value is -1.51. The van der Waals surface area contributed by atoms with Crippen LogP contribution in [0.25, 0.3) is 0 Å². The van der Waals surface area contributed by atoms with Crippen molar-refractivity contribution in [1.82, 2.24) is 0 Å². The van der Waals surface area contributed by atoms with Crippen molar-refractivity contribution in [3.63, 3.8) is 0 Å². The number of benzene rings is 1. The first kappa shape index (κ1) is 13.5. The maximum Gasteiger partial charge on any atom is 0.303 e. The standard InChI is InChI=1S/C6H12O2.C6H6O/c1-2-3-4-5-6(7)8;7-6-4-2-1-3-5-6/h2-5H2,1H3,(H,7,8);1-5,7H. The van der Waals surface area contributed by atoms with Gasteiger partial charge in [0.2, 0.25) is 0 Å². The van der Waals surface area contributed by atoms with Crippen LogP contribution in [0.4, 0.5) is 0 Å². The van der Waals surface area contributed by atoms with E-state index in [2.05, 4.69) is 6.92 Å². The Morgan fingerprint density at radius 1 is 1.20 bits per heavy atom. The quantitative estimate of drug-likeness (QED) is 0.751. The lowest BCUT2D eigenvalue weighted by molar-refractivity contribution is -0.137. The zero-order valence-electron chi connectivity index (χ0n) is 9.02. The minimum absolute atomic E-state index is 0.322. The molecule has 1 aromatic carbocycles. The first-order valence-corrected chi connectivity index (χ1v) is 5.12. The molecule has 0 aliphatic rings. The largest absolute Gasteiger partial charge is 0.508 e. The first-order valence-electron chi connectivity index (χ1n) is 5.12. The fraction of sp³-hybridized carbons (Fsp3) is 0.417. The van der Waals surface area contributed by atoms with Crippen LogP contribution in [0.3, 0.4) is 0 Å². The van der Waals surface area contributed by atoms with Gasteiger partial charge < -0.3 is 10.2 Å². The van der Waals surface area contributed by atoms with Crippen molar-refractivity contribution in [3.05, 3.63) is 30.3 Å². The average molecular weight is 210 g/mol. The number of aliphatic carboxylic acids is 1. The molecule has 1 rings (SSSR count). The number of carboxylic acids is 1. The molecule has 0 saturated heterocycles. The van der Waals surface area contributed by atoms with Gasteiger partial charge in [0.1, 0.15) is 5.75 Å². The third kappa shape index (κ3) is 10.4. The summed E-state index contributed by atoms with van der Waals surface area (Å²) in [6.07, 6.45) is 3.28. The SMILES string of the molecule is CCCCCC(=O)O.Oc1ccccc1. The van der Waals surface area contributed by atoms with Crippen molar-refractivity contribution in [2.45, 2.75) is 32.6 Å². The Labute approximate surface area is 90.4 Å². The number of para-hydroxylation sites is 1. The van der Waals surface area contributed by atoms with Crippen LogP contribution >= 0.6 is 0 Å². The molecule has 0 aromatic heterocycles. The van der Waals surface area contributed by atoms with E-state index in [-0.39, 0.29) is 0 Å². The number of rotatable bonds is 4. The fourth-order valence-electron chi connectivity index (χ4n) is 0.954. The number of carbonyl (C=O) groups is 1. The lowest BCUT2D eigenvalue weighted by Gasteiger charge is -1.89. The summed E-state index contributed by atoms with van der Waals surface area (Å²) in [6, 6.07) is 8.71. The average Bonchev–Trinajstić information content (AvgIpc) is 2.20. The Kier molecular flexibility index (Phi) is 8.15. The van der Waals surface area contributed by atoms with Gasteiger partial charge in [0.05, 0.1) is 0 Å². The summed E-state index contributed by atoms with van der Waals surface area (Å²) in [6.45, 7) is 2.06. The Balaban J connectivity index is 0.000000262. The molecule has 3 nitrogen and oxygen atoms in total. The molecule has 2 N–H and O–H groups in total. The van der Waals surface area contributed by atoms with Crippen molar-refractivity contribution in [2.24, 2.45) is 0 Å². The van der Waals surface area contributed by atoms with Gasteiger partial charge in [0.25, 0.3) is 0 Å². The zero-order valence-corrected chi connectivity index (χ0v) is 9.02. The van der Waals surface area contributed by atoms with Crippen molar-refractivity contribution < 1.29 is 15.0 Å². The second kappa shape index (κ2) is 9.06. The van der Waals surface area contributed by atoms with Crippen molar-refractivity contribution in [1.29, 1.82) is 0 Å². The number of phenols is 1. The van der Waals surface area contributed by atoms with Gasteiger partial charge in [-0.2, -0.15) is 0 Å². The molecule has 0 atom stereocenters. The number of phenolic OH excluding ortho intramolecular Hbond substituents is 1. The van der Waals surface area contributed by atoms with Gasteiger partial charge in [-0.05, 0) is 18.6 Å². The predicted molar refractivity (Wildman–Crippen MR) is 59.9 cm³/mol. The van der Waals surface area contributed by atoms with Crippen LogP contribution in [-0.2, 0) is 4.79 Å². The van der Waals surface area contributed by atoms with Crippen LogP contribution in [0.2, 0.25) is 0 Å². The van der Waals surface area contributed by atoms with Gasteiger partial charge in [-0.1, -0.05) is 38.0 Å². The second-order valence-electron chi connectivity index (χ2n) is 3.19. The van der Waals surface area contributed by atoms with E-state index in [1.54, 1.807) is 24.3 Å². The van der Waals surface area contributed by atoms with Crippen molar-refractivity contribution >= 4 is 5.97 Å². The first-order chi connectivity index (χ1) is 7.16. The van der Waals surface area contributed by atoms with E-state index in [0.717, 1.165) is 19.3 Å². The van der Waals surface area contributed by atoms with E-state index in [9.17, 15) is 4.79 Å². The monoisotopic (exact) mass is 210 g/mol. The topological polar surface area (TPSA) is 57.5 Å². The summed E-state index contributed by atoms with van der Waals surface area (Å²) in [4.78, 5) is 9.87. The van der Waals surface area contributed by atoms with Crippen LogP contribution in [-0.4, -0.2) is 16.2 Å². The molecule has 0 heterocycles. The third-order valence-corrected chi connectivity index (χ3v) is 1.75. The van der Waals surface area contributed by atoms with Gasteiger partial charge in [0, 0.05) is 6.42 Å². The van der Waals surface area contributed by atoms with E-state index in [4.69, 9.17) is 10.2 Å². The van der Waals surface area contributed by atoms with E-state index >= 15 is 0 Å². The summed E-state index contributed by atoms with van der Waals surface area (Å²) in [5, 5.41) is 16.8. The van der Waals surface area contributed by atoms with E-state index in [1.165, 1.54) is 0 Å². The molecule has 0 amide bonds. The molecule has 1 aromatic rings. The van der Waals surface area contributed by atoms with Gasteiger partial charge in [-0.3, -0.25) is 4.79 Å². The number of unbranched alkanes of at least 4 members (excludes halogenated alkanes) is 2. The lowest BCUT2D eigenvalue weighted by atomic mass is 10.2. The smallest absolute Gasteiger partial charge is 0.303 e. The summed E-state index contributed by atoms with van der Waals surface area (Å²) in [7, 11) is 0. The Morgan fingerprint density at radius 2 is 1.80 bits per heavy atom.